The van der Waals surface area contributed by atoms with Gasteiger partial charge in [0.15, 0.2) is 5.78 Å². The molecule has 140 valence electrons. The monoisotopic (exact) mass is 362 g/mol. The lowest BCUT2D eigenvalue weighted by Gasteiger charge is -2.29. The van der Waals surface area contributed by atoms with Crippen LogP contribution in [0.1, 0.15) is 39.2 Å². The zero-order chi connectivity index (χ0) is 19.3. The smallest absolute Gasteiger partial charge is 0.166 e. The Labute approximate surface area is 159 Å². The molecule has 27 heavy (non-hydrogen) atoms. The second-order valence-corrected chi connectivity index (χ2v) is 8.14. The van der Waals surface area contributed by atoms with Gasteiger partial charge in [0.05, 0.1) is 11.3 Å². The van der Waals surface area contributed by atoms with Crippen molar-refractivity contribution in [2.45, 2.75) is 46.6 Å². The Morgan fingerprint density at radius 1 is 1.26 bits per heavy atom. The number of aliphatic imine (C=N–C) groups is 1. The topological polar surface area (TPSA) is 62.0 Å². The van der Waals surface area contributed by atoms with E-state index in [0.29, 0.717) is 12.0 Å². The highest BCUT2D eigenvalue weighted by molar-refractivity contribution is 6.06. The fraction of sp³-hybridized carbons (Fsp3) is 0.435. The molecule has 1 N–H and O–H groups in total. The average molecular weight is 362 g/mol. The largest absolute Gasteiger partial charge is 0.508 e. The summed E-state index contributed by atoms with van der Waals surface area (Å²) in [5.41, 5.74) is 4.94. The van der Waals surface area contributed by atoms with Gasteiger partial charge in [-0.2, -0.15) is 0 Å². The first-order valence-corrected chi connectivity index (χ1v) is 9.73. The Bertz CT molecular complexity index is 1040. The molecule has 0 saturated carbocycles. The van der Waals surface area contributed by atoms with Crippen molar-refractivity contribution in [2.24, 2.45) is 21.8 Å². The number of carbonyl (C=O) groups excluding carboxylic acids is 1. The lowest BCUT2D eigenvalue weighted by atomic mass is 9.76. The van der Waals surface area contributed by atoms with Crippen LogP contribution in [0.15, 0.2) is 51.2 Å². The summed E-state index contributed by atoms with van der Waals surface area (Å²) in [6.45, 7) is 8.65. The molecule has 1 aliphatic carbocycles. The van der Waals surface area contributed by atoms with Gasteiger partial charge in [-0.25, -0.2) is 0 Å². The minimum Gasteiger partial charge on any atom is -0.508 e. The summed E-state index contributed by atoms with van der Waals surface area (Å²) in [5.74, 6) is 0.109. The van der Waals surface area contributed by atoms with Gasteiger partial charge < -0.3 is 5.11 Å². The van der Waals surface area contributed by atoms with E-state index in [1.807, 2.05) is 13.8 Å². The van der Waals surface area contributed by atoms with E-state index in [0.717, 1.165) is 29.6 Å². The third-order valence-corrected chi connectivity index (χ3v) is 5.87. The van der Waals surface area contributed by atoms with Crippen molar-refractivity contribution in [3.05, 3.63) is 57.3 Å². The number of aliphatic hydroxyl groups excluding tert-OH is 1. The first-order chi connectivity index (χ1) is 12.9. The highest BCUT2D eigenvalue weighted by Crippen LogP contribution is 2.35. The van der Waals surface area contributed by atoms with E-state index in [-0.39, 0.29) is 29.4 Å². The van der Waals surface area contributed by atoms with E-state index < -0.39 is 0 Å². The van der Waals surface area contributed by atoms with Gasteiger partial charge in [-0.3, -0.25) is 14.8 Å². The fourth-order valence-electron chi connectivity index (χ4n) is 4.58. The molecule has 0 saturated heterocycles. The molecule has 4 rings (SSSR count). The van der Waals surface area contributed by atoms with E-state index in [4.69, 9.17) is 9.98 Å². The molecule has 0 aromatic heterocycles. The SMILES string of the molecule is CC1=CC(O)=C(C(C)C)C(CC2=NCCC3=c4ccc(C)cc4=NC23)C1=O. The number of Topliss-reactive ketones (excluding diaryl/α,β-unsaturated/α-hetero) is 1. The van der Waals surface area contributed by atoms with Crippen LogP contribution in [-0.2, 0) is 4.79 Å². The number of carbonyl (C=O) groups is 1. The predicted octanol–water partition coefficient (Wildman–Crippen LogP) is 3.00. The van der Waals surface area contributed by atoms with Crippen LogP contribution in [0, 0.1) is 18.8 Å². The highest BCUT2D eigenvalue weighted by atomic mass is 16.3. The first kappa shape index (κ1) is 17.9. The quantitative estimate of drug-likeness (QED) is 0.898. The third-order valence-electron chi connectivity index (χ3n) is 5.87. The molecular formula is C23H26N2O2. The Morgan fingerprint density at radius 3 is 2.78 bits per heavy atom. The van der Waals surface area contributed by atoms with Crippen molar-refractivity contribution in [2.75, 3.05) is 6.54 Å². The molecule has 2 atom stereocenters. The summed E-state index contributed by atoms with van der Waals surface area (Å²) in [6.07, 6.45) is 3.06. The summed E-state index contributed by atoms with van der Waals surface area (Å²) in [6, 6.07) is 6.37. The van der Waals surface area contributed by atoms with Gasteiger partial charge in [0.2, 0.25) is 0 Å². The van der Waals surface area contributed by atoms with E-state index in [1.165, 1.54) is 16.4 Å². The van der Waals surface area contributed by atoms with Gasteiger partial charge in [-0.15, -0.1) is 0 Å². The Kier molecular flexibility index (Phi) is 4.37. The molecule has 0 fully saturated rings. The normalized spacial score (nSPS) is 24.5. The zero-order valence-corrected chi connectivity index (χ0v) is 16.4. The molecule has 0 radical (unpaired) electrons. The summed E-state index contributed by atoms with van der Waals surface area (Å²) >= 11 is 0. The van der Waals surface area contributed by atoms with Crippen molar-refractivity contribution < 1.29 is 9.90 Å². The van der Waals surface area contributed by atoms with Crippen molar-refractivity contribution in [1.82, 2.24) is 0 Å². The Balaban J connectivity index is 1.72. The van der Waals surface area contributed by atoms with Gasteiger partial charge in [-0.05, 0) is 60.6 Å². The van der Waals surface area contributed by atoms with Crippen molar-refractivity contribution in [3.63, 3.8) is 0 Å². The predicted molar refractivity (Wildman–Crippen MR) is 107 cm³/mol. The molecule has 0 amide bonds. The molecule has 2 aliphatic heterocycles. The molecule has 1 aromatic rings. The standard InChI is InChI=1S/C23H26N2O2/c1-12(2)21-17(23(27)14(4)10-20(21)26)11-19-22-16(7-8-24-19)15-6-5-13(3)9-18(15)25-22/h5-6,9-10,12,17,22,26H,7-8,11H2,1-4H3. The fourth-order valence-corrected chi connectivity index (χ4v) is 4.58. The molecule has 4 heteroatoms. The van der Waals surface area contributed by atoms with Crippen molar-refractivity contribution >= 4 is 17.1 Å². The number of allylic oxidation sites excluding steroid dienone is 3. The number of hydrogen-bond donors (Lipinski definition) is 1. The van der Waals surface area contributed by atoms with Crippen LogP contribution in [0.5, 0.6) is 0 Å². The summed E-state index contributed by atoms with van der Waals surface area (Å²) in [4.78, 5) is 22.6. The molecular weight excluding hydrogens is 336 g/mol. The number of ketones is 1. The molecule has 4 nitrogen and oxygen atoms in total. The molecule has 3 aliphatic rings. The van der Waals surface area contributed by atoms with Crippen LogP contribution in [-0.4, -0.2) is 29.2 Å². The lowest BCUT2D eigenvalue weighted by molar-refractivity contribution is -0.118. The zero-order valence-electron chi connectivity index (χ0n) is 16.4. The average Bonchev–Trinajstić information content (AvgIpc) is 2.97. The van der Waals surface area contributed by atoms with Gasteiger partial charge in [-0.1, -0.05) is 26.0 Å². The molecule has 0 spiro atoms. The van der Waals surface area contributed by atoms with Gasteiger partial charge >= 0.3 is 0 Å². The number of nitrogens with zero attached hydrogens (tertiary/aromatic N) is 2. The number of aryl methyl sites for hydroxylation is 1. The van der Waals surface area contributed by atoms with Gasteiger partial charge in [0, 0.05) is 23.9 Å². The summed E-state index contributed by atoms with van der Waals surface area (Å²) in [5, 5.41) is 12.7. The third kappa shape index (κ3) is 2.97. The first-order valence-electron chi connectivity index (χ1n) is 9.73. The number of benzene rings is 1. The molecule has 1 aromatic carbocycles. The van der Waals surface area contributed by atoms with Crippen LogP contribution < -0.4 is 10.6 Å². The summed E-state index contributed by atoms with van der Waals surface area (Å²) < 4.78 is 0. The Hall–Kier alpha value is -2.49. The van der Waals surface area contributed by atoms with Crippen LogP contribution in [0.4, 0.5) is 0 Å². The summed E-state index contributed by atoms with van der Waals surface area (Å²) in [7, 11) is 0. The highest BCUT2D eigenvalue weighted by Gasteiger charge is 2.36. The van der Waals surface area contributed by atoms with E-state index in [1.54, 1.807) is 13.0 Å². The Morgan fingerprint density at radius 2 is 2.04 bits per heavy atom. The lowest BCUT2D eigenvalue weighted by Crippen LogP contribution is -2.33. The number of fused-ring (bicyclic) bond motifs is 2. The van der Waals surface area contributed by atoms with Crippen molar-refractivity contribution in [1.29, 1.82) is 0 Å². The van der Waals surface area contributed by atoms with E-state index in [9.17, 15) is 9.90 Å². The molecule has 2 heterocycles. The number of hydrogen-bond acceptors (Lipinski definition) is 4. The van der Waals surface area contributed by atoms with Crippen LogP contribution >= 0.6 is 0 Å². The van der Waals surface area contributed by atoms with E-state index >= 15 is 0 Å². The minimum atomic E-state index is -0.339. The van der Waals surface area contributed by atoms with Crippen molar-refractivity contribution in [3.8, 4) is 0 Å². The van der Waals surface area contributed by atoms with Gasteiger partial charge in [0.25, 0.3) is 0 Å². The second-order valence-electron chi connectivity index (χ2n) is 8.14. The second kappa shape index (κ2) is 6.59. The minimum absolute atomic E-state index is 0.0508. The van der Waals surface area contributed by atoms with Crippen LogP contribution in [0.2, 0.25) is 0 Å². The molecule has 2 unspecified atom stereocenters. The number of aliphatic hydroxyl groups is 1. The van der Waals surface area contributed by atoms with Crippen LogP contribution in [0.25, 0.3) is 5.57 Å². The van der Waals surface area contributed by atoms with E-state index in [2.05, 4.69) is 25.1 Å². The van der Waals surface area contributed by atoms with Gasteiger partial charge in [0.1, 0.15) is 11.8 Å². The maximum Gasteiger partial charge on any atom is 0.166 e. The maximum atomic E-state index is 12.9. The molecule has 0 bridgehead atoms. The maximum absolute atomic E-state index is 12.9. The number of rotatable bonds is 3. The van der Waals surface area contributed by atoms with Crippen LogP contribution in [0.3, 0.4) is 0 Å².